The van der Waals surface area contributed by atoms with Gasteiger partial charge in [-0.3, -0.25) is 9.69 Å². The van der Waals surface area contributed by atoms with E-state index in [0.29, 0.717) is 19.1 Å². The molecule has 1 amide bonds. The summed E-state index contributed by atoms with van der Waals surface area (Å²) in [6.07, 6.45) is 2.29. The summed E-state index contributed by atoms with van der Waals surface area (Å²) in [6, 6.07) is 3.78. The van der Waals surface area contributed by atoms with Crippen LogP contribution in [0.25, 0.3) is 0 Å². The summed E-state index contributed by atoms with van der Waals surface area (Å²) in [6.45, 7) is 3.34. The molecule has 0 radical (unpaired) electrons. The third kappa shape index (κ3) is 2.34. The first kappa shape index (κ1) is 12.5. The Morgan fingerprint density at radius 3 is 2.79 bits per heavy atom. The van der Waals surface area contributed by atoms with Crippen LogP contribution in [-0.4, -0.2) is 47.9 Å². The van der Waals surface area contributed by atoms with E-state index in [1.807, 2.05) is 0 Å². The second-order valence-electron chi connectivity index (χ2n) is 5.21. The molecule has 2 aliphatic heterocycles. The van der Waals surface area contributed by atoms with Crippen molar-refractivity contribution in [2.24, 2.45) is 0 Å². The Hall–Kier alpha value is -1.49. The summed E-state index contributed by atoms with van der Waals surface area (Å²) in [5.41, 5.74) is 0.227. The molecule has 0 aliphatic carbocycles. The second kappa shape index (κ2) is 4.89. The standard InChI is InChI=1S/C14H16F2N2O/c15-12-4-3-10(8-13(12)16)14(19)18-7-6-17-5-1-2-11(17)9-18/h3-4,8,11H,1-2,5-7,9H2/t11-/m0/s1. The molecular weight excluding hydrogens is 250 g/mol. The molecule has 0 aromatic heterocycles. The van der Waals surface area contributed by atoms with Crippen LogP contribution in [0.3, 0.4) is 0 Å². The van der Waals surface area contributed by atoms with E-state index in [9.17, 15) is 13.6 Å². The Bertz CT molecular complexity index is 506. The van der Waals surface area contributed by atoms with E-state index in [4.69, 9.17) is 0 Å². The zero-order valence-corrected chi connectivity index (χ0v) is 10.6. The highest BCUT2D eigenvalue weighted by molar-refractivity contribution is 5.94. The molecule has 1 aromatic carbocycles. The number of carbonyl (C=O) groups is 1. The van der Waals surface area contributed by atoms with E-state index in [0.717, 1.165) is 31.6 Å². The van der Waals surface area contributed by atoms with Crippen LogP contribution in [0.4, 0.5) is 8.78 Å². The van der Waals surface area contributed by atoms with Crippen LogP contribution in [0.2, 0.25) is 0 Å². The van der Waals surface area contributed by atoms with Crippen LogP contribution in [0.5, 0.6) is 0 Å². The fourth-order valence-corrected chi connectivity index (χ4v) is 2.99. The lowest BCUT2D eigenvalue weighted by atomic mass is 10.1. The first-order valence-corrected chi connectivity index (χ1v) is 6.63. The second-order valence-corrected chi connectivity index (χ2v) is 5.21. The number of halogens is 2. The number of fused-ring (bicyclic) bond motifs is 1. The van der Waals surface area contributed by atoms with Crippen LogP contribution in [0, 0.1) is 11.6 Å². The largest absolute Gasteiger partial charge is 0.336 e. The summed E-state index contributed by atoms with van der Waals surface area (Å²) < 4.78 is 26.0. The molecule has 0 spiro atoms. The minimum atomic E-state index is -0.967. The van der Waals surface area contributed by atoms with Crippen molar-refractivity contribution < 1.29 is 13.6 Å². The fraction of sp³-hybridized carbons (Fsp3) is 0.500. The Balaban J connectivity index is 1.74. The summed E-state index contributed by atoms with van der Waals surface area (Å²) in [7, 11) is 0. The molecule has 2 heterocycles. The van der Waals surface area contributed by atoms with E-state index in [2.05, 4.69) is 4.90 Å². The molecular formula is C14H16F2N2O. The number of nitrogens with zero attached hydrogens (tertiary/aromatic N) is 2. The molecule has 0 saturated carbocycles. The van der Waals surface area contributed by atoms with Crippen molar-refractivity contribution >= 4 is 5.91 Å². The Labute approximate surface area is 110 Å². The van der Waals surface area contributed by atoms with Crippen LogP contribution in [0.1, 0.15) is 23.2 Å². The molecule has 19 heavy (non-hydrogen) atoms. The number of carbonyl (C=O) groups excluding carboxylic acids is 1. The zero-order chi connectivity index (χ0) is 13.4. The van der Waals surface area contributed by atoms with Gasteiger partial charge < -0.3 is 4.90 Å². The lowest BCUT2D eigenvalue weighted by Gasteiger charge is -2.37. The number of hydrogen-bond donors (Lipinski definition) is 0. The van der Waals surface area contributed by atoms with Crippen molar-refractivity contribution in [3.8, 4) is 0 Å². The summed E-state index contributed by atoms with van der Waals surface area (Å²) in [5, 5.41) is 0. The topological polar surface area (TPSA) is 23.6 Å². The highest BCUT2D eigenvalue weighted by Gasteiger charge is 2.32. The van der Waals surface area contributed by atoms with Gasteiger partial charge in [-0.15, -0.1) is 0 Å². The summed E-state index contributed by atoms with van der Waals surface area (Å²) in [5.74, 6) is -2.09. The first-order chi connectivity index (χ1) is 9.15. The molecule has 2 saturated heterocycles. The maximum absolute atomic E-state index is 13.2. The maximum atomic E-state index is 13.2. The molecule has 5 heteroatoms. The Morgan fingerprint density at radius 2 is 2.00 bits per heavy atom. The van der Waals surface area contributed by atoms with Gasteiger partial charge in [0.2, 0.25) is 0 Å². The van der Waals surface area contributed by atoms with E-state index < -0.39 is 11.6 Å². The third-order valence-electron chi connectivity index (χ3n) is 4.04. The molecule has 102 valence electrons. The van der Waals surface area contributed by atoms with Gasteiger partial charge in [-0.2, -0.15) is 0 Å². The third-order valence-corrected chi connectivity index (χ3v) is 4.04. The summed E-state index contributed by atoms with van der Waals surface area (Å²) >= 11 is 0. The number of piperazine rings is 1. The minimum absolute atomic E-state index is 0.203. The first-order valence-electron chi connectivity index (χ1n) is 6.63. The van der Waals surface area contributed by atoms with Crippen molar-refractivity contribution in [1.29, 1.82) is 0 Å². The average Bonchev–Trinajstić information content (AvgIpc) is 2.88. The number of benzene rings is 1. The molecule has 1 aromatic rings. The van der Waals surface area contributed by atoms with Gasteiger partial charge in [0.25, 0.3) is 5.91 Å². The molecule has 1 atom stereocenters. The van der Waals surface area contributed by atoms with E-state index >= 15 is 0 Å². The molecule has 3 nitrogen and oxygen atoms in total. The smallest absolute Gasteiger partial charge is 0.254 e. The molecule has 2 aliphatic rings. The van der Waals surface area contributed by atoms with Gasteiger partial charge in [-0.25, -0.2) is 8.78 Å². The van der Waals surface area contributed by atoms with Crippen LogP contribution in [-0.2, 0) is 0 Å². The number of amides is 1. The minimum Gasteiger partial charge on any atom is -0.336 e. The quantitative estimate of drug-likeness (QED) is 0.775. The highest BCUT2D eigenvalue weighted by atomic mass is 19.2. The summed E-state index contributed by atoms with van der Waals surface area (Å²) in [4.78, 5) is 16.4. The molecule has 3 rings (SSSR count). The van der Waals surface area contributed by atoms with Crippen molar-refractivity contribution in [1.82, 2.24) is 9.80 Å². The highest BCUT2D eigenvalue weighted by Crippen LogP contribution is 2.22. The monoisotopic (exact) mass is 266 g/mol. The van der Waals surface area contributed by atoms with Gasteiger partial charge in [-0.05, 0) is 37.6 Å². The zero-order valence-electron chi connectivity index (χ0n) is 10.6. The van der Waals surface area contributed by atoms with Gasteiger partial charge in [0.05, 0.1) is 0 Å². The van der Waals surface area contributed by atoms with Crippen molar-refractivity contribution in [3.05, 3.63) is 35.4 Å². The van der Waals surface area contributed by atoms with Gasteiger partial charge >= 0.3 is 0 Å². The van der Waals surface area contributed by atoms with Crippen LogP contribution >= 0.6 is 0 Å². The van der Waals surface area contributed by atoms with Gasteiger partial charge in [0.1, 0.15) is 0 Å². The van der Waals surface area contributed by atoms with E-state index in [-0.39, 0.29) is 11.5 Å². The molecule has 0 unspecified atom stereocenters. The Kier molecular flexibility index (Phi) is 3.22. The molecule has 2 fully saturated rings. The van der Waals surface area contributed by atoms with Gasteiger partial charge in [-0.1, -0.05) is 0 Å². The van der Waals surface area contributed by atoms with Crippen molar-refractivity contribution in [2.45, 2.75) is 18.9 Å². The van der Waals surface area contributed by atoms with Crippen molar-refractivity contribution in [3.63, 3.8) is 0 Å². The average molecular weight is 266 g/mol. The molecule has 0 bridgehead atoms. The van der Waals surface area contributed by atoms with Crippen molar-refractivity contribution in [2.75, 3.05) is 26.2 Å². The van der Waals surface area contributed by atoms with E-state index in [1.165, 1.54) is 12.5 Å². The lowest BCUT2D eigenvalue weighted by Crippen LogP contribution is -2.52. The number of hydrogen-bond acceptors (Lipinski definition) is 2. The van der Waals surface area contributed by atoms with Crippen LogP contribution in [0.15, 0.2) is 18.2 Å². The normalized spacial score (nSPS) is 23.5. The van der Waals surface area contributed by atoms with Gasteiger partial charge in [0.15, 0.2) is 11.6 Å². The predicted molar refractivity (Wildman–Crippen MR) is 66.9 cm³/mol. The predicted octanol–water partition coefficient (Wildman–Crippen LogP) is 1.89. The lowest BCUT2D eigenvalue weighted by molar-refractivity contribution is 0.0571. The Morgan fingerprint density at radius 1 is 1.16 bits per heavy atom. The fourth-order valence-electron chi connectivity index (χ4n) is 2.99. The van der Waals surface area contributed by atoms with Crippen LogP contribution < -0.4 is 0 Å². The SMILES string of the molecule is O=C(c1ccc(F)c(F)c1)N1CCN2CCC[C@H]2C1. The van der Waals surface area contributed by atoms with Gasteiger partial charge in [0, 0.05) is 31.2 Å². The maximum Gasteiger partial charge on any atom is 0.254 e. The number of rotatable bonds is 1. The molecule has 0 N–H and O–H groups in total. The van der Waals surface area contributed by atoms with E-state index in [1.54, 1.807) is 4.90 Å².